The van der Waals surface area contributed by atoms with Gasteiger partial charge in [0, 0.05) is 10.0 Å². The first kappa shape index (κ1) is 13.8. The molecular formula is C15H18BrN3O. The maximum absolute atomic E-state index is 6.28. The Balaban J connectivity index is 1.77. The monoisotopic (exact) mass is 335 g/mol. The van der Waals surface area contributed by atoms with Crippen molar-refractivity contribution in [1.29, 1.82) is 0 Å². The van der Waals surface area contributed by atoms with Gasteiger partial charge in [-0.05, 0) is 43.0 Å². The number of nitrogens with two attached hydrogens (primary N) is 1. The second-order valence-corrected chi connectivity index (χ2v) is 6.30. The van der Waals surface area contributed by atoms with E-state index < -0.39 is 0 Å². The Kier molecular flexibility index (Phi) is 4.17. The zero-order valence-corrected chi connectivity index (χ0v) is 12.8. The van der Waals surface area contributed by atoms with Gasteiger partial charge in [-0.2, -0.15) is 4.98 Å². The Morgan fingerprint density at radius 3 is 2.55 bits per heavy atom. The molecule has 5 heteroatoms. The van der Waals surface area contributed by atoms with Crippen LogP contribution in [0.2, 0.25) is 0 Å². The molecular weight excluding hydrogens is 318 g/mol. The van der Waals surface area contributed by atoms with Gasteiger partial charge in [0.15, 0.2) is 0 Å². The minimum atomic E-state index is -0.132. The summed E-state index contributed by atoms with van der Waals surface area (Å²) in [5.41, 5.74) is 7.23. The zero-order valence-electron chi connectivity index (χ0n) is 11.3. The maximum Gasteiger partial charge on any atom is 0.244 e. The van der Waals surface area contributed by atoms with Crippen LogP contribution in [0, 0.1) is 5.92 Å². The van der Waals surface area contributed by atoms with E-state index in [-0.39, 0.29) is 6.04 Å². The van der Waals surface area contributed by atoms with Gasteiger partial charge in [-0.25, -0.2) is 0 Å². The van der Waals surface area contributed by atoms with Crippen molar-refractivity contribution < 1.29 is 4.52 Å². The fraction of sp³-hybridized carbons (Fsp3) is 0.467. The highest BCUT2D eigenvalue weighted by atomic mass is 79.9. The molecule has 1 fully saturated rings. The van der Waals surface area contributed by atoms with Crippen molar-refractivity contribution in [2.24, 2.45) is 11.7 Å². The van der Waals surface area contributed by atoms with Crippen molar-refractivity contribution >= 4 is 15.9 Å². The summed E-state index contributed by atoms with van der Waals surface area (Å²) in [4.78, 5) is 4.47. The summed E-state index contributed by atoms with van der Waals surface area (Å²) in [6.45, 7) is 0. The predicted molar refractivity (Wildman–Crippen MR) is 80.9 cm³/mol. The number of benzene rings is 1. The molecule has 0 spiro atoms. The van der Waals surface area contributed by atoms with Gasteiger partial charge in [0.05, 0.1) is 6.04 Å². The first-order chi connectivity index (χ1) is 9.74. The fourth-order valence-electron chi connectivity index (χ4n) is 2.78. The SMILES string of the molecule is NC(c1nc(-c2ccc(Br)cc2)no1)C1CCCCC1. The van der Waals surface area contributed by atoms with E-state index in [0.717, 1.165) is 22.9 Å². The highest BCUT2D eigenvalue weighted by Crippen LogP contribution is 2.32. The van der Waals surface area contributed by atoms with Crippen LogP contribution in [0.15, 0.2) is 33.3 Å². The van der Waals surface area contributed by atoms with E-state index in [2.05, 4.69) is 26.1 Å². The van der Waals surface area contributed by atoms with Gasteiger partial charge in [-0.15, -0.1) is 0 Å². The molecule has 2 aromatic rings. The second kappa shape index (κ2) is 6.06. The van der Waals surface area contributed by atoms with Gasteiger partial charge in [0.2, 0.25) is 11.7 Å². The number of aromatic nitrogens is 2. The molecule has 0 saturated heterocycles. The van der Waals surface area contributed by atoms with Crippen LogP contribution in [0.4, 0.5) is 0 Å². The quantitative estimate of drug-likeness (QED) is 0.917. The van der Waals surface area contributed by atoms with Gasteiger partial charge < -0.3 is 10.3 Å². The van der Waals surface area contributed by atoms with E-state index in [9.17, 15) is 0 Å². The normalized spacial score (nSPS) is 18.1. The van der Waals surface area contributed by atoms with Crippen LogP contribution in [0.3, 0.4) is 0 Å². The molecule has 1 saturated carbocycles. The number of halogens is 1. The lowest BCUT2D eigenvalue weighted by Gasteiger charge is -2.24. The topological polar surface area (TPSA) is 64.9 Å². The fourth-order valence-corrected chi connectivity index (χ4v) is 3.05. The van der Waals surface area contributed by atoms with Gasteiger partial charge in [-0.1, -0.05) is 40.3 Å². The lowest BCUT2D eigenvalue weighted by Crippen LogP contribution is -2.23. The second-order valence-electron chi connectivity index (χ2n) is 5.39. The highest BCUT2D eigenvalue weighted by molar-refractivity contribution is 9.10. The Morgan fingerprint density at radius 2 is 1.85 bits per heavy atom. The van der Waals surface area contributed by atoms with Crippen molar-refractivity contribution in [2.45, 2.75) is 38.1 Å². The molecule has 106 valence electrons. The molecule has 20 heavy (non-hydrogen) atoms. The first-order valence-corrected chi connectivity index (χ1v) is 7.88. The molecule has 0 radical (unpaired) electrons. The van der Waals surface area contributed by atoms with Crippen LogP contribution in [0.25, 0.3) is 11.4 Å². The third kappa shape index (κ3) is 2.94. The molecule has 1 aliphatic carbocycles. The Morgan fingerprint density at radius 1 is 1.15 bits per heavy atom. The smallest absolute Gasteiger partial charge is 0.244 e. The van der Waals surface area contributed by atoms with E-state index in [1.807, 2.05) is 24.3 Å². The molecule has 1 aromatic heterocycles. The summed E-state index contributed by atoms with van der Waals surface area (Å²) in [6, 6.07) is 7.72. The lowest BCUT2D eigenvalue weighted by atomic mass is 9.84. The molecule has 1 atom stereocenters. The van der Waals surface area contributed by atoms with Crippen molar-refractivity contribution in [3.8, 4) is 11.4 Å². The standard InChI is InChI=1S/C15H18BrN3O/c16-12-8-6-11(7-9-12)14-18-15(20-19-14)13(17)10-4-2-1-3-5-10/h6-10,13H,1-5,17H2. The number of nitrogens with zero attached hydrogens (tertiary/aromatic N) is 2. The molecule has 1 unspecified atom stereocenters. The van der Waals surface area contributed by atoms with Crippen LogP contribution in [-0.4, -0.2) is 10.1 Å². The summed E-state index contributed by atoms with van der Waals surface area (Å²) in [5, 5.41) is 4.05. The molecule has 0 aliphatic heterocycles. The molecule has 3 rings (SSSR count). The first-order valence-electron chi connectivity index (χ1n) is 7.09. The third-order valence-electron chi connectivity index (χ3n) is 3.99. The van der Waals surface area contributed by atoms with Gasteiger partial charge in [0.25, 0.3) is 0 Å². The van der Waals surface area contributed by atoms with Crippen LogP contribution in [0.1, 0.15) is 44.0 Å². The minimum Gasteiger partial charge on any atom is -0.337 e. The zero-order chi connectivity index (χ0) is 13.9. The Labute approximate surface area is 126 Å². The number of rotatable bonds is 3. The van der Waals surface area contributed by atoms with Crippen LogP contribution in [0.5, 0.6) is 0 Å². The van der Waals surface area contributed by atoms with Gasteiger partial charge in [0.1, 0.15) is 0 Å². The lowest BCUT2D eigenvalue weighted by molar-refractivity contribution is 0.255. The summed E-state index contributed by atoms with van der Waals surface area (Å²) < 4.78 is 6.40. The maximum atomic E-state index is 6.28. The van der Waals surface area contributed by atoms with E-state index in [1.54, 1.807) is 0 Å². The molecule has 1 heterocycles. The number of hydrogen-bond donors (Lipinski definition) is 1. The number of hydrogen-bond acceptors (Lipinski definition) is 4. The van der Waals surface area contributed by atoms with Crippen molar-refractivity contribution in [2.75, 3.05) is 0 Å². The van der Waals surface area contributed by atoms with Gasteiger partial charge in [-0.3, -0.25) is 0 Å². The molecule has 1 aliphatic rings. The van der Waals surface area contributed by atoms with E-state index in [0.29, 0.717) is 17.6 Å². The average molecular weight is 336 g/mol. The van der Waals surface area contributed by atoms with Crippen molar-refractivity contribution in [3.05, 3.63) is 34.6 Å². The summed E-state index contributed by atoms with van der Waals surface area (Å²) in [7, 11) is 0. The predicted octanol–water partition coefficient (Wildman–Crippen LogP) is 4.08. The summed E-state index contributed by atoms with van der Waals surface area (Å²) in [5.74, 6) is 1.65. The summed E-state index contributed by atoms with van der Waals surface area (Å²) >= 11 is 3.41. The summed E-state index contributed by atoms with van der Waals surface area (Å²) in [6.07, 6.45) is 6.16. The van der Waals surface area contributed by atoms with Crippen molar-refractivity contribution in [3.63, 3.8) is 0 Å². The largest absolute Gasteiger partial charge is 0.337 e. The molecule has 0 amide bonds. The van der Waals surface area contributed by atoms with E-state index in [4.69, 9.17) is 10.3 Å². The minimum absolute atomic E-state index is 0.132. The third-order valence-corrected chi connectivity index (χ3v) is 4.52. The van der Waals surface area contributed by atoms with Crippen LogP contribution in [-0.2, 0) is 0 Å². The van der Waals surface area contributed by atoms with Crippen molar-refractivity contribution in [1.82, 2.24) is 10.1 Å². The average Bonchev–Trinajstić information content (AvgIpc) is 2.98. The molecule has 0 bridgehead atoms. The van der Waals surface area contributed by atoms with Crippen LogP contribution < -0.4 is 5.73 Å². The van der Waals surface area contributed by atoms with E-state index in [1.165, 1.54) is 19.3 Å². The Hall–Kier alpha value is -1.20. The van der Waals surface area contributed by atoms with Gasteiger partial charge >= 0.3 is 0 Å². The molecule has 2 N–H and O–H groups in total. The molecule has 4 nitrogen and oxygen atoms in total. The highest BCUT2D eigenvalue weighted by Gasteiger charge is 2.26. The Bertz CT molecular complexity index is 561. The molecule has 1 aromatic carbocycles. The van der Waals surface area contributed by atoms with E-state index >= 15 is 0 Å². The van der Waals surface area contributed by atoms with Crippen LogP contribution >= 0.6 is 15.9 Å².